The van der Waals surface area contributed by atoms with Gasteiger partial charge in [-0.05, 0) is 36.2 Å². The lowest BCUT2D eigenvalue weighted by atomic mass is 10.1. The van der Waals surface area contributed by atoms with Crippen molar-refractivity contribution in [3.05, 3.63) is 59.4 Å². The Morgan fingerprint density at radius 1 is 1.17 bits per heavy atom. The summed E-state index contributed by atoms with van der Waals surface area (Å²) >= 11 is 0. The van der Waals surface area contributed by atoms with E-state index < -0.39 is 0 Å². The zero-order valence-electron chi connectivity index (χ0n) is 10.3. The van der Waals surface area contributed by atoms with Gasteiger partial charge in [0.15, 0.2) is 0 Å². The van der Waals surface area contributed by atoms with Gasteiger partial charge in [-0.15, -0.1) is 0 Å². The fourth-order valence-corrected chi connectivity index (χ4v) is 1.70. The van der Waals surface area contributed by atoms with E-state index in [0.29, 0.717) is 11.3 Å². The zero-order chi connectivity index (χ0) is 13.0. The molecule has 0 unspecified atom stereocenters. The third kappa shape index (κ3) is 3.00. The fourth-order valence-electron chi connectivity index (χ4n) is 1.70. The molecule has 0 fully saturated rings. The Balaban J connectivity index is 2.06. The second kappa shape index (κ2) is 5.54. The normalized spacial score (nSPS) is 10.3. The average molecular weight is 245 g/mol. The third-order valence-corrected chi connectivity index (χ3v) is 2.78. The van der Waals surface area contributed by atoms with Crippen LogP contribution in [0.2, 0.25) is 0 Å². The van der Waals surface area contributed by atoms with E-state index in [1.54, 1.807) is 12.1 Å². The SMILES string of the molecule is CCc1cccc(OCc2ccc(N)cc2F)c1. The first kappa shape index (κ1) is 12.4. The van der Waals surface area contributed by atoms with E-state index in [0.717, 1.165) is 12.2 Å². The fraction of sp³-hybridized carbons (Fsp3) is 0.200. The summed E-state index contributed by atoms with van der Waals surface area (Å²) in [6, 6.07) is 12.4. The molecule has 2 aromatic rings. The molecule has 2 nitrogen and oxygen atoms in total. The van der Waals surface area contributed by atoms with Crippen LogP contribution in [0.15, 0.2) is 42.5 Å². The van der Waals surface area contributed by atoms with Crippen molar-refractivity contribution in [2.45, 2.75) is 20.0 Å². The molecule has 18 heavy (non-hydrogen) atoms. The number of halogens is 1. The Bertz CT molecular complexity index is 540. The van der Waals surface area contributed by atoms with Gasteiger partial charge in [0.25, 0.3) is 0 Å². The van der Waals surface area contributed by atoms with Crippen molar-refractivity contribution in [3.63, 3.8) is 0 Å². The number of benzene rings is 2. The lowest BCUT2D eigenvalue weighted by Gasteiger charge is -2.08. The Morgan fingerprint density at radius 3 is 2.72 bits per heavy atom. The molecule has 0 bridgehead atoms. The molecule has 2 N–H and O–H groups in total. The van der Waals surface area contributed by atoms with E-state index in [2.05, 4.69) is 6.92 Å². The Labute approximate surface area is 106 Å². The van der Waals surface area contributed by atoms with Crippen LogP contribution < -0.4 is 10.5 Å². The molecule has 94 valence electrons. The average Bonchev–Trinajstić information content (AvgIpc) is 2.38. The highest BCUT2D eigenvalue weighted by Crippen LogP contribution is 2.17. The van der Waals surface area contributed by atoms with Gasteiger partial charge >= 0.3 is 0 Å². The number of aryl methyl sites for hydroxylation is 1. The van der Waals surface area contributed by atoms with Crippen LogP contribution in [0.25, 0.3) is 0 Å². The van der Waals surface area contributed by atoms with Crippen LogP contribution in [0, 0.1) is 5.82 Å². The van der Waals surface area contributed by atoms with Gasteiger partial charge in [-0.25, -0.2) is 4.39 Å². The first-order valence-corrected chi connectivity index (χ1v) is 5.94. The zero-order valence-corrected chi connectivity index (χ0v) is 10.3. The van der Waals surface area contributed by atoms with Crippen molar-refractivity contribution in [1.82, 2.24) is 0 Å². The summed E-state index contributed by atoms with van der Waals surface area (Å²) in [7, 11) is 0. The number of ether oxygens (including phenoxy) is 1. The second-order valence-electron chi connectivity index (χ2n) is 4.14. The first-order chi connectivity index (χ1) is 8.69. The molecule has 0 aliphatic heterocycles. The lowest BCUT2D eigenvalue weighted by molar-refractivity contribution is 0.299. The maximum Gasteiger partial charge on any atom is 0.131 e. The minimum absolute atomic E-state index is 0.208. The van der Waals surface area contributed by atoms with Crippen molar-refractivity contribution in [1.29, 1.82) is 0 Å². The molecule has 0 radical (unpaired) electrons. The molecule has 0 aliphatic carbocycles. The summed E-state index contributed by atoms with van der Waals surface area (Å²) in [5, 5.41) is 0. The Hall–Kier alpha value is -2.03. The van der Waals surface area contributed by atoms with Crippen molar-refractivity contribution in [2.24, 2.45) is 0 Å². The molecule has 2 aromatic carbocycles. The Morgan fingerprint density at radius 2 is 2.00 bits per heavy atom. The van der Waals surface area contributed by atoms with Gasteiger partial charge in [0.2, 0.25) is 0 Å². The summed E-state index contributed by atoms with van der Waals surface area (Å²) in [5.74, 6) is 0.423. The summed E-state index contributed by atoms with van der Waals surface area (Å²) in [6.07, 6.45) is 0.952. The molecule has 0 saturated carbocycles. The van der Waals surface area contributed by atoms with Crippen LogP contribution >= 0.6 is 0 Å². The van der Waals surface area contributed by atoms with E-state index in [9.17, 15) is 4.39 Å². The van der Waals surface area contributed by atoms with Crippen LogP contribution in [-0.2, 0) is 13.0 Å². The molecule has 0 saturated heterocycles. The molecule has 0 aromatic heterocycles. The van der Waals surface area contributed by atoms with E-state index in [1.165, 1.54) is 11.6 Å². The molecular formula is C15H16FNO. The smallest absolute Gasteiger partial charge is 0.131 e. The molecule has 2 rings (SSSR count). The molecule has 0 aliphatic rings. The second-order valence-corrected chi connectivity index (χ2v) is 4.14. The number of hydrogen-bond donors (Lipinski definition) is 1. The van der Waals surface area contributed by atoms with Gasteiger partial charge in [0.1, 0.15) is 18.2 Å². The predicted octanol–water partition coefficient (Wildman–Crippen LogP) is 3.55. The van der Waals surface area contributed by atoms with Crippen molar-refractivity contribution in [2.75, 3.05) is 5.73 Å². The molecule has 0 atom stereocenters. The summed E-state index contributed by atoms with van der Waals surface area (Å²) in [6.45, 7) is 2.29. The highest BCUT2D eigenvalue weighted by molar-refractivity contribution is 5.40. The highest BCUT2D eigenvalue weighted by atomic mass is 19.1. The largest absolute Gasteiger partial charge is 0.489 e. The van der Waals surface area contributed by atoms with Gasteiger partial charge in [-0.1, -0.05) is 25.1 Å². The van der Waals surface area contributed by atoms with E-state index in [-0.39, 0.29) is 12.4 Å². The van der Waals surface area contributed by atoms with Crippen LogP contribution in [0.4, 0.5) is 10.1 Å². The molecule has 3 heteroatoms. The van der Waals surface area contributed by atoms with E-state index in [4.69, 9.17) is 10.5 Å². The lowest BCUT2D eigenvalue weighted by Crippen LogP contribution is -1.99. The van der Waals surface area contributed by atoms with Crippen LogP contribution in [-0.4, -0.2) is 0 Å². The van der Waals surface area contributed by atoms with Crippen LogP contribution in [0.1, 0.15) is 18.1 Å². The maximum absolute atomic E-state index is 13.5. The minimum atomic E-state index is -0.332. The van der Waals surface area contributed by atoms with Gasteiger partial charge in [-0.2, -0.15) is 0 Å². The van der Waals surface area contributed by atoms with E-state index >= 15 is 0 Å². The number of hydrogen-bond acceptors (Lipinski definition) is 2. The van der Waals surface area contributed by atoms with Crippen LogP contribution in [0.3, 0.4) is 0 Å². The number of nitrogens with two attached hydrogens (primary N) is 1. The number of rotatable bonds is 4. The number of nitrogen functional groups attached to an aromatic ring is 1. The van der Waals surface area contributed by atoms with Gasteiger partial charge in [0, 0.05) is 11.3 Å². The maximum atomic E-state index is 13.5. The summed E-state index contributed by atoms with van der Waals surface area (Å²) in [4.78, 5) is 0. The topological polar surface area (TPSA) is 35.2 Å². The predicted molar refractivity (Wildman–Crippen MR) is 71.0 cm³/mol. The molecule has 0 heterocycles. The number of anilines is 1. The van der Waals surface area contributed by atoms with Gasteiger partial charge in [0.05, 0.1) is 0 Å². The molecule has 0 amide bonds. The van der Waals surface area contributed by atoms with Crippen molar-refractivity contribution in [3.8, 4) is 5.75 Å². The quantitative estimate of drug-likeness (QED) is 0.836. The highest BCUT2D eigenvalue weighted by Gasteiger charge is 2.03. The summed E-state index contributed by atoms with van der Waals surface area (Å²) in [5.41, 5.74) is 7.62. The van der Waals surface area contributed by atoms with Gasteiger partial charge < -0.3 is 10.5 Å². The van der Waals surface area contributed by atoms with E-state index in [1.807, 2.05) is 24.3 Å². The van der Waals surface area contributed by atoms with Crippen LogP contribution in [0.5, 0.6) is 5.75 Å². The van der Waals surface area contributed by atoms with Crippen molar-refractivity contribution >= 4 is 5.69 Å². The van der Waals surface area contributed by atoms with Gasteiger partial charge in [-0.3, -0.25) is 0 Å². The monoisotopic (exact) mass is 245 g/mol. The molecule has 0 spiro atoms. The standard InChI is InChI=1S/C15H16FNO/c1-2-11-4-3-5-14(8-11)18-10-12-6-7-13(17)9-15(12)16/h3-9H,2,10,17H2,1H3. The third-order valence-electron chi connectivity index (χ3n) is 2.78. The Kier molecular flexibility index (Phi) is 3.82. The summed E-state index contributed by atoms with van der Waals surface area (Å²) < 4.78 is 19.1. The first-order valence-electron chi connectivity index (χ1n) is 5.94. The van der Waals surface area contributed by atoms with Crippen molar-refractivity contribution < 1.29 is 9.13 Å². The minimum Gasteiger partial charge on any atom is -0.489 e. The molecular weight excluding hydrogens is 229 g/mol.